The summed E-state index contributed by atoms with van der Waals surface area (Å²) in [4.78, 5) is 27.6. The fourth-order valence-corrected chi connectivity index (χ4v) is 5.21. The summed E-state index contributed by atoms with van der Waals surface area (Å²) in [5, 5.41) is 3.74. The normalized spacial score (nSPS) is 14.9. The van der Waals surface area contributed by atoms with Crippen LogP contribution in [0, 0.1) is 0 Å². The van der Waals surface area contributed by atoms with Gasteiger partial charge in [-0.3, -0.25) is 4.79 Å². The van der Waals surface area contributed by atoms with Crippen LogP contribution in [0.15, 0.2) is 53.9 Å². The zero-order valence-corrected chi connectivity index (χ0v) is 18.6. The topological polar surface area (TPSA) is 61.9 Å². The number of likely N-dealkylation sites (tertiary alicyclic amines) is 1. The Labute approximate surface area is 190 Å². The van der Waals surface area contributed by atoms with Crippen LogP contribution < -0.4 is 0 Å². The number of amides is 1. The highest BCUT2D eigenvalue weighted by molar-refractivity contribution is 7.09. The molecule has 1 fully saturated rings. The number of rotatable bonds is 5. The predicted molar refractivity (Wildman–Crippen MR) is 125 cm³/mol. The number of nitrogens with zero attached hydrogens (tertiary/aromatic N) is 3. The number of carbonyl (C=O) groups excluding carboxylic acids is 1. The molecule has 5 rings (SSSR count). The van der Waals surface area contributed by atoms with Gasteiger partial charge in [0, 0.05) is 35.8 Å². The van der Waals surface area contributed by atoms with Gasteiger partial charge in [0.05, 0.1) is 28.2 Å². The van der Waals surface area contributed by atoms with Gasteiger partial charge in [0.15, 0.2) is 0 Å². The second-order valence-corrected chi connectivity index (χ2v) is 9.39. The van der Waals surface area contributed by atoms with Gasteiger partial charge in [0.2, 0.25) is 5.91 Å². The van der Waals surface area contributed by atoms with Crippen LogP contribution in [0.3, 0.4) is 0 Å². The Morgan fingerprint density at radius 2 is 1.97 bits per heavy atom. The van der Waals surface area contributed by atoms with Crippen LogP contribution in [0.2, 0.25) is 5.02 Å². The van der Waals surface area contributed by atoms with E-state index in [1.807, 2.05) is 52.7 Å². The number of piperidine rings is 1. The summed E-state index contributed by atoms with van der Waals surface area (Å²) >= 11 is 7.67. The van der Waals surface area contributed by atoms with Crippen LogP contribution in [-0.4, -0.2) is 38.8 Å². The van der Waals surface area contributed by atoms with Gasteiger partial charge >= 0.3 is 0 Å². The Bertz CT molecular complexity index is 1180. The SMILES string of the molecule is O=C(Cc1csc(Cc2cccc(Cl)c2)n1)N1CCC(c2nc3ccccc3[nH]2)CC1. The first kappa shape index (κ1) is 20.2. The average Bonchev–Trinajstić information content (AvgIpc) is 3.40. The van der Waals surface area contributed by atoms with Gasteiger partial charge in [0.25, 0.3) is 0 Å². The van der Waals surface area contributed by atoms with Crippen LogP contribution in [-0.2, 0) is 17.6 Å². The van der Waals surface area contributed by atoms with E-state index in [4.69, 9.17) is 16.6 Å². The third-order valence-electron chi connectivity index (χ3n) is 5.82. The van der Waals surface area contributed by atoms with Crippen LogP contribution >= 0.6 is 22.9 Å². The summed E-state index contributed by atoms with van der Waals surface area (Å²) in [6.07, 6.45) is 2.97. The number of fused-ring (bicyclic) bond motifs is 1. The number of thiazole rings is 1. The molecule has 0 radical (unpaired) electrons. The number of H-pyrrole nitrogens is 1. The molecule has 1 N–H and O–H groups in total. The number of halogens is 1. The summed E-state index contributed by atoms with van der Waals surface area (Å²) in [5.41, 5.74) is 4.07. The van der Waals surface area contributed by atoms with Crippen molar-refractivity contribution in [1.82, 2.24) is 19.9 Å². The maximum Gasteiger partial charge on any atom is 0.228 e. The zero-order chi connectivity index (χ0) is 21.2. The molecule has 0 aliphatic carbocycles. The van der Waals surface area contributed by atoms with Crippen molar-refractivity contribution in [2.45, 2.75) is 31.6 Å². The van der Waals surface area contributed by atoms with Crippen LogP contribution in [0.5, 0.6) is 0 Å². The molecule has 1 aliphatic heterocycles. The fourth-order valence-electron chi connectivity index (χ4n) is 4.17. The highest BCUT2D eigenvalue weighted by Crippen LogP contribution is 2.28. The van der Waals surface area contributed by atoms with Crippen molar-refractivity contribution in [3.8, 4) is 0 Å². The standard InChI is InChI=1S/C24H23ClN4OS/c25-18-5-3-4-16(12-18)13-22-26-19(15-31-22)14-23(30)29-10-8-17(9-11-29)24-27-20-6-1-2-7-21(20)28-24/h1-7,12,15,17H,8-11,13-14H2,(H,27,28). The molecular weight excluding hydrogens is 428 g/mol. The molecular formula is C24H23ClN4OS. The molecule has 0 atom stereocenters. The van der Waals surface area contributed by atoms with Crippen LogP contribution in [0.4, 0.5) is 0 Å². The van der Waals surface area contributed by atoms with Crippen molar-refractivity contribution in [3.05, 3.63) is 81.0 Å². The first-order valence-electron chi connectivity index (χ1n) is 10.5. The number of imidazole rings is 1. The molecule has 4 aromatic rings. The minimum absolute atomic E-state index is 0.155. The fraction of sp³-hybridized carbons (Fsp3) is 0.292. The maximum absolute atomic E-state index is 12.8. The summed E-state index contributed by atoms with van der Waals surface area (Å²) in [5.74, 6) is 1.57. The quantitative estimate of drug-likeness (QED) is 0.453. The van der Waals surface area contributed by atoms with E-state index in [0.717, 1.165) is 70.5 Å². The molecule has 31 heavy (non-hydrogen) atoms. The first-order valence-corrected chi connectivity index (χ1v) is 11.8. The van der Waals surface area contributed by atoms with E-state index in [1.165, 1.54) is 0 Å². The van der Waals surface area contributed by atoms with E-state index < -0.39 is 0 Å². The Balaban J connectivity index is 1.16. The third-order valence-corrected chi connectivity index (χ3v) is 6.95. The molecule has 3 heterocycles. The molecule has 7 heteroatoms. The zero-order valence-electron chi connectivity index (χ0n) is 17.1. The summed E-state index contributed by atoms with van der Waals surface area (Å²) < 4.78 is 0. The third kappa shape index (κ3) is 4.65. The lowest BCUT2D eigenvalue weighted by Crippen LogP contribution is -2.39. The molecule has 0 spiro atoms. The second-order valence-electron chi connectivity index (χ2n) is 8.01. The summed E-state index contributed by atoms with van der Waals surface area (Å²) in [6.45, 7) is 1.53. The molecule has 1 aliphatic rings. The van der Waals surface area contributed by atoms with E-state index in [2.05, 4.69) is 16.0 Å². The molecule has 5 nitrogen and oxygen atoms in total. The Kier molecular flexibility index (Phi) is 5.74. The van der Waals surface area contributed by atoms with E-state index in [9.17, 15) is 4.79 Å². The van der Waals surface area contributed by atoms with Crippen molar-refractivity contribution >= 4 is 39.9 Å². The Hall–Kier alpha value is -2.70. The highest BCUT2D eigenvalue weighted by atomic mass is 35.5. The molecule has 1 saturated heterocycles. The van der Waals surface area contributed by atoms with Crippen LogP contribution in [0.1, 0.15) is 40.8 Å². The molecule has 0 bridgehead atoms. The van der Waals surface area contributed by atoms with Gasteiger partial charge in [-0.05, 0) is 42.7 Å². The van der Waals surface area contributed by atoms with Gasteiger partial charge in [-0.2, -0.15) is 0 Å². The number of aromatic amines is 1. The molecule has 158 valence electrons. The number of benzene rings is 2. The number of nitrogens with one attached hydrogen (secondary N) is 1. The van der Waals surface area contributed by atoms with Gasteiger partial charge in [-0.25, -0.2) is 9.97 Å². The summed E-state index contributed by atoms with van der Waals surface area (Å²) in [6, 6.07) is 15.9. The van der Waals surface area contributed by atoms with Gasteiger partial charge < -0.3 is 9.88 Å². The molecule has 1 amide bonds. The second kappa shape index (κ2) is 8.81. The number of hydrogen-bond acceptors (Lipinski definition) is 4. The smallest absolute Gasteiger partial charge is 0.228 e. The summed E-state index contributed by atoms with van der Waals surface area (Å²) in [7, 11) is 0. The van der Waals surface area contributed by atoms with E-state index in [1.54, 1.807) is 11.3 Å². The first-order chi connectivity index (χ1) is 15.1. The van der Waals surface area contributed by atoms with E-state index >= 15 is 0 Å². The largest absolute Gasteiger partial charge is 0.342 e. The van der Waals surface area contributed by atoms with Gasteiger partial charge in [-0.1, -0.05) is 35.9 Å². The van der Waals surface area contributed by atoms with Crippen molar-refractivity contribution in [2.75, 3.05) is 13.1 Å². The number of aromatic nitrogens is 3. The Morgan fingerprint density at radius 1 is 1.13 bits per heavy atom. The number of para-hydroxylation sites is 2. The van der Waals surface area contributed by atoms with E-state index in [0.29, 0.717) is 12.3 Å². The van der Waals surface area contributed by atoms with Crippen molar-refractivity contribution in [1.29, 1.82) is 0 Å². The lowest BCUT2D eigenvalue weighted by atomic mass is 9.96. The lowest BCUT2D eigenvalue weighted by molar-refractivity contribution is -0.131. The molecule has 0 saturated carbocycles. The van der Waals surface area contributed by atoms with Crippen molar-refractivity contribution in [3.63, 3.8) is 0 Å². The van der Waals surface area contributed by atoms with Crippen molar-refractivity contribution < 1.29 is 4.79 Å². The van der Waals surface area contributed by atoms with E-state index in [-0.39, 0.29) is 5.91 Å². The van der Waals surface area contributed by atoms with Crippen LogP contribution in [0.25, 0.3) is 11.0 Å². The minimum atomic E-state index is 0.155. The number of hydrogen-bond donors (Lipinski definition) is 1. The lowest BCUT2D eigenvalue weighted by Gasteiger charge is -2.31. The average molecular weight is 451 g/mol. The van der Waals surface area contributed by atoms with Gasteiger partial charge in [-0.15, -0.1) is 11.3 Å². The molecule has 2 aromatic carbocycles. The predicted octanol–water partition coefficient (Wildman–Crippen LogP) is 5.21. The molecule has 2 aromatic heterocycles. The van der Waals surface area contributed by atoms with Crippen molar-refractivity contribution in [2.24, 2.45) is 0 Å². The monoisotopic (exact) mass is 450 g/mol. The Morgan fingerprint density at radius 3 is 2.77 bits per heavy atom. The van der Waals surface area contributed by atoms with Gasteiger partial charge in [0.1, 0.15) is 5.82 Å². The highest BCUT2D eigenvalue weighted by Gasteiger charge is 2.26. The minimum Gasteiger partial charge on any atom is -0.342 e. The molecule has 0 unspecified atom stereocenters. The maximum atomic E-state index is 12.8. The number of carbonyl (C=O) groups is 1.